The summed E-state index contributed by atoms with van der Waals surface area (Å²) in [6.07, 6.45) is 5.89. The molecule has 0 unspecified atom stereocenters. The Hall–Kier alpha value is -3.06. The fraction of sp³-hybridized carbons (Fsp3) is 0.333. The van der Waals surface area contributed by atoms with Gasteiger partial charge < -0.3 is 10.6 Å². The standard InChI is InChI=1S/C24H28N4O2S/c1-3-17(2)22(28-23(29)19-8-5-4-6-9-19)24(30)26-13-7-10-21-27-20(16-31-21)18-11-14-25-15-12-18/h4-6,8-9,11-12,14-17,22H,3,7,10,13H2,1-2H3,(H,26,30)(H,28,29)/t17-,22+/m1/s1. The van der Waals surface area contributed by atoms with Crippen molar-refractivity contribution < 1.29 is 9.59 Å². The van der Waals surface area contributed by atoms with Gasteiger partial charge in [-0.1, -0.05) is 38.5 Å². The predicted molar refractivity (Wildman–Crippen MR) is 124 cm³/mol. The van der Waals surface area contributed by atoms with E-state index in [9.17, 15) is 9.59 Å². The van der Waals surface area contributed by atoms with Gasteiger partial charge in [0.2, 0.25) is 5.91 Å². The van der Waals surface area contributed by atoms with Gasteiger partial charge in [-0.2, -0.15) is 0 Å². The van der Waals surface area contributed by atoms with Crippen LogP contribution in [0.5, 0.6) is 0 Å². The normalized spacial score (nSPS) is 12.7. The number of hydrogen-bond acceptors (Lipinski definition) is 5. The van der Waals surface area contributed by atoms with E-state index in [1.807, 2.05) is 49.6 Å². The van der Waals surface area contributed by atoms with E-state index in [0.717, 1.165) is 35.5 Å². The number of thiazole rings is 1. The second kappa shape index (κ2) is 11.4. The molecular weight excluding hydrogens is 408 g/mol. The lowest BCUT2D eigenvalue weighted by Crippen LogP contribution is -2.50. The molecule has 3 aromatic rings. The van der Waals surface area contributed by atoms with E-state index in [1.54, 1.807) is 35.9 Å². The number of hydrogen-bond donors (Lipinski definition) is 2. The van der Waals surface area contributed by atoms with Crippen molar-refractivity contribution in [2.75, 3.05) is 6.54 Å². The molecule has 1 aromatic carbocycles. The van der Waals surface area contributed by atoms with Crippen molar-refractivity contribution in [2.45, 2.75) is 39.2 Å². The molecular formula is C24H28N4O2S. The Bertz CT molecular complexity index is 976. The number of rotatable bonds is 10. The maximum absolute atomic E-state index is 12.8. The predicted octanol–water partition coefficient (Wildman–Crippen LogP) is 4.10. The Morgan fingerprint density at radius 3 is 2.55 bits per heavy atom. The second-order valence-corrected chi connectivity index (χ2v) is 8.40. The van der Waals surface area contributed by atoms with Crippen LogP contribution in [-0.2, 0) is 11.2 Å². The summed E-state index contributed by atoms with van der Waals surface area (Å²) >= 11 is 1.62. The SMILES string of the molecule is CC[C@@H](C)[C@H](NC(=O)c1ccccc1)C(=O)NCCCc1nc(-c2ccncc2)cs1. The summed E-state index contributed by atoms with van der Waals surface area (Å²) in [5.74, 6) is -0.336. The van der Waals surface area contributed by atoms with Gasteiger partial charge in [0.1, 0.15) is 6.04 Å². The summed E-state index contributed by atoms with van der Waals surface area (Å²) in [4.78, 5) is 34.0. The highest BCUT2D eigenvalue weighted by molar-refractivity contribution is 7.09. The molecule has 31 heavy (non-hydrogen) atoms. The Kier molecular flexibility index (Phi) is 8.29. The molecule has 0 fully saturated rings. The van der Waals surface area contributed by atoms with Gasteiger partial charge in [-0.15, -0.1) is 11.3 Å². The van der Waals surface area contributed by atoms with Gasteiger partial charge in [0, 0.05) is 41.9 Å². The van der Waals surface area contributed by atoms with Gasteiger partial charge in [0.15, 0.2) is 0 Å². The molecule has 0 saturated heterocycles. The molecule has 2 atom stereocenters. The van der Waals surface area contributed by atoms with Crippen LogP contribution in [-0.4, -0.2) is 34.4 Å². The molecule has 162 valence electrons. The lowest BCUT2D eigenvalue weighted by Gasteiger charge is -2.23. The number of aromatic nitrogens is 2. The van der Waals surface area contributed by atoms with E-state index < -0.39 is 6.04 Å². The fourth-order valence-electron chi connectivity index (χ4n) is 3.16. The molecule has 7 heteroatoms. The maximum Gasteiger partial charge on any atom is 0.251 e. The van der Waals surface area contributed by atoms with Gasteiger partial charge in [-0.05, 0) is 36.6 Å². The van der Waals surface area contributed by atoms with Gasteiger partial charge in [0.05, 0.1) is 10.7 Å². The summed E-state index contributed by atoms with van der Waals surface area (Å²) in [7, 11) is 0. The van der Waals surface area contributed by atoms with Gasteiger partial charge in [0.25, 0.3) is 5.91 Å². The topological polar surface area (TPSA) is 84.0 Å². The Morgan fingerprint density at radius 2 is 1.84 bits per heavy atom. The number of benzene rings is 1. The summed E-state index contributed by atoms with van der Waals surface area (Å²) in [6.45, 7) is 4.53. The van der Waals surface area contributed by atoms with E-state index in [4.69, 9.17) is 0 Å². The molecule has 2 heterocycles. The smallest absolute Gasteiger partial charge is 0.251 e. The number of aryl methyl sites for hydroxylation is 1. The van der Waals surface area contributed by atoms with Gasteiger partial charge >= 0.3 is 0 Å². The molecule has 0 saturated carbocycles. The van der Waals surface area contributed by atoms with E-state index in [-0.39, 0.29) is 17.7 Å². The molecule has 2 aromatic heterocycles. The third-order valence-corrected chi connectivity index (χ3v) is 6.12. The Balaban J connectivity index is 1.49. The molecule has 2 N–H and O–H groups in total. The largest absolute Gasteiger partial charge is 0.354 e. The number of nitrogens with one attached hydrogen (secondary N) is 2. The van der Waals surface area contributed by atoms with Crippen LogP contribution in [0, 0.1) is 5.92 Å². The van der Waals surface area contributed by atoms with Crippen LogP contribution in [0.25, 0.3) is 11.3 Å². The molecule has 2 amide bonds. The second-order valence-electron chi connectivity index (χ2n) is 7.46. The van der Waals surface area contributed by atoms with E-state index in [2.05, 4.69) is 20.6 Å². The lowest BCUT2D eigenvalue weighted by molar-refractivity contribution is -0.124. The molecule has 6 nitrogen and oxygen atoms in total. The number of amides is 2. The van der Waals surface area contributed by atoms with Crippen molar-refractivity contribution in [1.82, 2.24) is 20.6 Å². The molecule has 0 bridgehead atoms. The minimum Gasteiger partial charge on any atom is -0.354 e. The van der Waals surface area contributed by atoms with Crippen LogP contribution < -0.4 is 10.6 Å². The summed E-state index contributed by atoms with van der Waals surface area (Å²) in [6, 6.07) is 12.3. The highest BCUT2D eigenvalue weighted by Gasteiger charge is 2.26. The highest BCUT2D eigenvalue weighted by atomic mass is 32.1. The number of pyridine rings is 1. The van der Waals surface area contributed by atoms with Crippen molar-refractivity contribution in [3.05, 3.63) is 70.8 Å². The molecule has 0 aliphatic heterocycles. The molecule has 3 rings (SSSR count). The fourth-order valence-corrected chi connectivity index (χ4v) is 4.01. The molecule has 0 aliphatic rings. The first-order chi connectivity index (χ1) is 15.1. The van der Waals surface area contributed by atoms with Crippen molar-refractivity contribution in [2.24, 2.45) is 5.92 Å². The van der Waals surface area contributed by atoms with Crippen LogP contribution in [0.1, 0.15) is 42.1 Å². The van der Waals surface area contributed by atoms with Crippen LogP contribution >= 0.6 is 11.3 Å². The quantitative estimate of drug-likeness (QED) is 0.469. The van der Waals surface area contributed by atoms with Crippen molar-refractivity contribution in [3.63, 3.8) is 0 Å². The first-order valence-corrected chi connectivity index (χ1v) is 11.4. The first-order valence-electron chi connectivity index (χ1n) is 10.6. The van der Waals surface area contributed by atoms with Crippen LogP contribution in [0.3, 0.4) is 0 Å². The van der Waals surface area contributed by atoms with Crippen molar-refractivity contribution in [3.8, 4) is 11.3 Å². The van der Waals surface area contributed by atoms with Crippen LogP contribution in [0.15, 0.2) is 60.2 Å². The summed E-state index contributed by atoms with van der Waals surface area (Å²) in [5, 5.41) is 8.96. The average molecular weight is 437 g/mol. The third-order valence-electron chi connectivity index (χ3n) is 5.21. The summed E-state index contributed by atoms with van der Waals surface area (Å²) in [5.41, 5.74) is 2.56. The van der Waals surface area contributed by atoms with Crippen molar-refractivity contribution >= 4 is 23.2 Å². The Morgan fingerprint density at radius 1 is 1.10 bits per heavy atom. The summed E-state index contributed by atoms with van der Waals surface area (Å²) < 4.78 is 0. The zero-order valence-corrected chi connectivity index (χ0v) is 18.7. The average Bonchev–Trinajstić information content (AvgIpc) is 3.29. The zero-order chi connectivity index (χ0) is 22.1. The number of carbonyl (C=O) groups excluding carboxylic acids is 2. The number of carbonyl (C=O) groups is 2. The first kappa shape index (κ1) is 22.6. The monoisotopic (exact) mass is 436 g/mol. The highest BCUT2D eigenvalue weighted by Crippen LogP contribution is 2.21. The van der Waals surface area contributed by atoms with Gasteiger partial charge in [-0.3, -0.25) is 14.6 Å². The van der Waals surface area contributed by atoms with E-state index in [0.29, 0.717) is 12.1 Å². The van der Waals surface area contributed by atoms with E-state index in [1.165, 1.54) is 0 Å². The minimum atomic E-state index is -0.559. The molecule has 0 radical (unpaired) electrons. The lowest BCUT2D eigenvalue weighted by atomic mass is 9.97. The third kappa shape index (κ3) is 6.46. The number of nitrogens with zero attached hydrogens (tertiary/aromatic N) is 2. The molecule has 0 spiro atoms. The van der Waals surface area contributed by atoms with Crippen molar-refractivity contribution in [1.29, 1.82) is 0 Å². The van der Waals surface area contributed by atoms with Crippen LogP contribution in [0.2, 0.25) is 0 Å². The zero-order valence-electron chi connectivity index (χ0n) is 17.9. The molecule has 0 aliphatic carbocycles. The van der Waals surface area contributed by atoms with Crippen LogP contribution in [0.4, 0.5) is 0 Å². The van der Waals surface area contributed by atoms with E-state index >= 15 is 0 Å². The maximum atomic E-state index is 12.8. The van der Waals surface area contributed by atoms with Gasteiger partial charge in [-0.25, -0.2) is 4.98 Å². The Labute approximate surface area is 187 Å². The minimum absolute atomic E-state index is 0.0366.